The van der Waals surface area contributed by atoms with Gasteiger partial charge in [-0.1, -0.05) is 19.9 Å². The first kappa shape index (κ1) is 20.7. The van der Waals surface area contributed by atoms with Crippen LogP contribution in [0.3, 0.4) is 0 Å². The standard InChI is InChI=1S/C22H30O5/c1-7-16-12-20(25-5)22(21(13-16)26-6)27-11-10-15(2)18-9-8-17(23-3)14-19(18)24-4/h8-9,12-15H,7,10-11H2,1-6H3. The molecule has 2 aromatic carbocycles. The van der Waals surface area contributed by atoms with Gasteiger partial charge in [0.25, 0.3) is 0 Å². The van der Waals surface area contributed by atoms with Crippen LogP contribution in [0.5, 0.6) is 28.7 Å². The van der Waals surface area contributed by atoms with E-state index in [1.54, 1.807) is 28.4 Å². The van der Waals surface area contributed by atoms with Crippen molar-refractivity contribution < 1.29 is 23.7 Å². The normalized spacial score (nSPS) is 11.6. The van der Waals surface area contributed by atoms with E-state index in [4.69, 9.17) is 23.7 Å². The van der Waals surface area contributed by atoms with E-state index in [2.05, 4.69) is 13.8 Å². The maximum absolute atomic E-state index is 6.04. The van der Waals surface area contributed by atoms with Crippen molar-refractivity contribution in [3.05, 3.63) is 41.5 Å². The fraction of sp³-hybridized carbons (Fsp3) is 0.455. The highest BCUT2D eigenvalue weighted by atomic mass is 16.5. The Bertz CT molecular complexity index is 716. The van der Waals surface area contributed by atoms with Gasteiger partial charge < -0.3 is 23.7 Å². The lowest BCUT2D eigenvalue weighted by molar-refractivity contribution is 0.263. The van der Waals surface area contributed by atoms with Gasteiger partial charge in [0.1, 0.15) is 11.5 Å². The van der Waals surface area contributed by atoms with Crippen LogP contribution in [-0.2, 0) is 6.42 Å². The molecule has 5 heteroatoms. The predicted octanol–water partition coefficient (Wildman–Crippen LogP) is 4.86. The molecule has 1 unspecified atom stereocenters. The molecule has 2 aromatic rings. The molecule has 0 aliphatic carbocycles. The highest BCUT2D eigenvalue weighted by Crippen LogP contribution is 2.39. The van der Waals surface area contributed by atoms with E-state index in [1.165, 1.54) is 0 Å². The Morgan fingerprint density at radius 1 is 0.815 bits per heavy atom. The molecule has 27 heavy (non-hydrogen) atoms. The zero-order valence-corrected chi connectivity index (χ0v) is 17.1. The van der Waals surface area contributed by atoms with E-state index in [0.717, 1.165) is 35.5 Å². The summed E-state index contributed by atoms with van der Waals surface area (Å²) in [6, 6.07) is 9.88. The van der Waals surface area contributed by atoms with Gasteiger partial charge in [-0.05, 0) is 48.1 Å². The molecule has 0 N–H and O–H groups in total. The average Bonchev–Trinajstić information content (AvgIpc) is 2.72. The lowest BCUT2D eigenvalue weighted by Gasteiger charge is -2.19. The van der Waals surface area contributed by atoms with Gasteiger partial charge in [0, 0.05) is 6.07 Å². The highest BCUT2D eigenvalue weighted by Gasteiger charge is 2.16. The van der Waals surface area contributed by atoms with Crippen LogP contribution in [0.1, 0.15) is 37.3 Å². The van der Waals surface area contributed by atoms with Gasteiger partial charge in [-0.2, -0.15) is 0 Å². The first-order chi connectivity index (χ1) is 13.1. The van der Waals surface area contributed by atoms with Gasteiger partial charge in [-0.25, -0.2) is 0 Å². The van der Waals surface area contributed by atoms with E-state index in [1.807, 2.05) is 30.3 Å². The van der Waals surface area contributed by atoms with Gasteiger partial charge in [-0.15, -0.1) is 0 Å². The third kappa shape index (κ3) is 5.00. The van der Waals surface area contributed by atoms with Crippen molar-refractivity contribution in [2.75, 3.05) is 35.0 Å². The van der Waals surface area contributed by atoms with E-state index >= 15 is 0 Å². The van der Waals surface area contributed by atoms with Crippen molar-refractivity contribution in [1.29, 1.82) is 0 Å². The number of hydrogen-bond donors (Lipinski definition) is 0. The molecular weight excluding hydrogens is 344 g/mol. The third-order valence-corrected chi connectivity index (χ3v) is 4.70. The smallest absolute Gasteiger partial charge is 0.203 e. The van der Waals surface area contributed by atoms with E-state index in [-0.39, 0.29) is 5.92 Å². The van der Waals surface area contributed by atoms with Crippen LogP contribution >= 0.6 is 0 Å². The molecule has 0 radical (unpaired) electrons. The lowest BCUT2D eigenvalue weighted by Crippen LogP contribution is -2.07. The van der Waals surface area contributed by atoms with E-state index in [0.29, 0.717) is 23.9 Å². The van der Waals surface area contributed by atoms with Gasteiger partial charge >= 0.3 is 0 Å². The topological polar surface area (TPSA) is 46.2 Å². The summed E-state index contributed by atoms with van der Waals surface area (Å²) in [5, 5.41) is 0. The molecule has 0 fully saturated rings. The highest BCUT2D eigenvalue weighted by molar-refractivity contribution is 5.54. The molecule has 0 aliphatic heterocycles. The number of rotatable bonds is 10. The molecule has 0 heterocycles. The molecule has 0 spiro atoms. The molecule has 5 nitrogen and oxygen atoms in total. The zero-order chi connectivity index (χ0) is 19.8. The minimum Gasteiger partial charge on any atom is -0.497 e. The monoisotopic (exact) mass is 374 g/mol. The second kappa shape index (κ2) is 9.95. The van der Waals surface area contributed by atoms with Crippen LogP contribution in [0.4, 0.5) is 0 Å². The van der Waals surface area contributed by atoms with Crippen molar-refractivity contribution in [2.24, 2.45) is 0 Å². The molecule has 148 valence electrons. The van der Waals surface area contributed by atoms with Crippen molar-refractivity contribution >= 4 is 0 Å². The summed E-state index contributed by atoms with van der Waals surface area (Å²) in [5.74, 6) is 3.90. The van der Waals surface area contributed by atoms with Crippen LogP contribution < -0.4 is 23.7 Å². The number of benzene rings is 2. The van der Waals surface area contributed by atoms with Crippen LogP contribution in [0, 0.1) is 0 Å². The Morgan fingerprint density at radius 2 is 1.44 bits per heavy atom. The summed E-state index contributed by atoms with van der Waals surface area (Å²) < 4.78 is 27.8. The minimum atomic E-state index is 0.262. The molecule has 0 amide bonds. The summed E-state index contributed by atoms with van der Waals surface area (Å²) >= 11 is 0. The number of aryl methyl sites for hydroxylation is 1. The molecule has 0 aromatic heterocycles. The van der Waals surface area contributed by atoms with E-state index < -0.39 is 0 Å². The Balaban J connectivity index is 2.10. The number of ether oxygens (including phenoxy) is 5. The fourth-order valence-corrected chi connectivity index (χ4v) is 3.00. The van der Waals surface area contributed by atoms with Gasteiger partial charge in [0.05, 0.1) is 35.0 Å². The van der Waals surface area contributed by atoms with Crippen LogP contribution in [-0.4, -0.2) is 35.0 Å². The SMILES string of the molecule is CCc1cc(OC)c(OCCC(C)c2ccc(OC)cc2OC)c(OC)c1. The summed E-state index contributed by atoms with van der Waals surface area (Å²) in [6.07, 6.45) is 1.73. The Morgan fingerprint density at radius 3 is 1.96 bits per heavy atom. The maximum atomic E-state index is 6.04. The Hall–Kier alpha value is -2.56. The fourth-order valence-electron chi connectivity index (χ4n) is 3.00. The summed E-state index contributed by atoms with van der Waals surface area (Å²) in [5.41, 5.74) is 2.27. The molecule has 0 bridgehead atoms. The van der Waals surface area contributed by atoms with Gasteiger partial charge in [0.2, 0.25) is 5.75 Å². The largest absolute Gasteiger partial charge is 0.497 e. The van der Waals surface area contributed by atoms with Crippen molar-refractivity contribution in [1.82, 2.24) is 0 Å². The first-order valence-corrected chi connectivity index (χ1v) is 9.17. The zero-order valence-electron chi connectivity index (χ0n) is 17.1. The molecule has 0 saturated carbocycles. The van der Waals surface area contributed by atoms with Crippen LogP contribution in [0.25, 0.3) is 0 Å². The minimum absolute atomic E-state index is 0.262. The molecule has 2 rings (SSSR count). The van der Waals surface area contributed by atoms with Crippen molar-refractivity contribution in [2.45, 2.75) is 32.6 Å². The maximum Gasteiger partial charge on any atom is 0.203 e. The Labute approximate surface area is 162 Å². The van der Waals surface area contributed by atoms with Gasteiger partial charge in [-0.3, -0.25) is 0 Å². The van der Waals surface area contributed by atoms with Gasteiger partial charge in [0.15, 0.2) is 11.5 Å². The summed E-state index contributed by atoms with van der Waals surface area (Å²) in [4.78, 5) is 0. The van der Waals surface area contributed by atoms with Crippen LogP contribution in [0.2, 0.25) is 0 Å². The second-order valence-electron chi connectivity index (χ2n) is 6.33. The number of hydrogen-bond acceptors (Lipinski definition) is 5. The quantitative estimate of drug-likeness (QED) is 0.594. The van der Waals surface area contributed by atoms with E-state index in [9.17, 15) is 0 Å². The van der Waals surface area contributed by atoms with Crippen molar-refractivity contribution in [3.8, 4) is 28.7 Å². The molecule has 0 aliphatic rings. The number of methoxy groups -OCH3 is 4. The second-order valence-corrected chi connectivity index (χ2v) is 6.33. The third-order valence-electron chi connectivity index (χ3n) is 4.70. The predicted molar refractivity (Wildman–Crippen MR) is 107 cm³/mol. The molecule has 1 atom stereocenters. The lowest BCUT2D eigenvalue weighted by atomic mass is 9.97. The first-order valence-electron chi connectivity index (χ1n) is 9.17. The summed E-state index contributed by atoms with van der Waals surface area (Å²) in [7, 11) is 6.61. The van der Waals surface area contributed by atoms with Crippen molar-refractivity contribution in [3.63, 3.8) is 0 Å². The van der Waals surface area contributed by atoms with Crippen LogP contribution in [0.15, 0.2) is 30.3 Å². The Kier molecular flexibility index (Phi) is 7.65. The molecular formula is C22H30O5. The summed E-state index contributed by atoms with van der Waals surface area (Å²) in [6.45, 7) is 4.79. The average molecular weight is 374 g/mol. The molecule has 0 saturated heterocycles.